The van der Waals surface area contributed by atoms with Crippen LogP contribution in [0.5, 0.6) is 0 Å². The molecule has 0 aromatic carbocycles. The van der Waals surface area contributed by atoms with Crippen LogP contribution in [0.2, 0.25) is 0 Å². The Labute approximate surface area is 110 Å². The van der Waals surface area contributed by atoms with Crippen LogP contribution in [0.3, 0.4) is 0 Å². The second-order valence-electron chi connectivity index (χ2n) is 4.62. The Balaban J connectivity index is 2.87. The lowest BCUT2D eigenvalue weighted by molar-refractivity contribution is 0.583. The van der Waals surface area contributed by atoms with Crippen LogP contribution < -0.4 is 17.0 Å². The molecule has 2 rings (SSSR count). The highest BCUT2D eigenvalue weighted by atomic mass is 16.2. The molecule has 0 bridgehead atoms. The molecule has 0 aliphatic heterocycles. The largest absolute Gasteiger partial charge is 0.332 e. The second-order valence-corrected chi connectivity index (χ2v) is 4.62. The van der Waals surface area contributed by atoms with Gasteiger partial charge in [0.25, 0.3) is 5.56 Å². The van der Waals surface area contributed by atoms with E-state index in [4.69, 9.17) is 5.73 Å². The van der Waals surface area contributed by atoms with E-state index >= 15 is 0 Å². The summed E-state index contributed by atoms with van der Waals surface area (Å²) in [5.74, 6) is 0.600. The third-order valence-corrected chi connectivity index (χ3v) is 3.37. The Bertz CT molecular complexity index is 722. The summed E-state index contributed by atoms with van der Waals surface area (Å²) >= 11 is 0. The first-order valence-corrected chi connectivity index (χ1v) is 6.38. The molecule has 0 fully saturated rings. The van der Waals surface area contributed by atoms with Crippen LogP contribution in [0, 0.1) is 0 Å². The van der Waals surface area contributed by atoms with Crippen molar-refractivity contribution in [3.63, 3.8) is 0 Å². The molecule has 0 atom stereocenters. The lowest BCUT2D eigenvalue weighted by atomic mass is 10.3. The number of imidazole rings is 1. The fourth-order valence-electron chi connectivity index (χ4n) is 2.17. The minimum absolute atomic E-state index is 0.232. The maximum absolute atomic E-state index is 12.2. The Hall–Kier alpha value is -1.89. The summed E-state index contributed by atoms with van der Waals surface area (Å²) in [4.78, 5) is 28.7. The van der Waals surface area contributed by atoms with E-state index in [1.807, 2.05) is 6.92 Å². The summed E-state index contributed by atoms with van der Waals surface area (Å²) in [6, 6.07) is 0. The van der Waals surface area contributed by atoms with Crippen LogP contribution in [0.1, 0.15) is 25.6 Å². The Morgan fingerprint density at radius 3 is 2.47 bits per heavy atom. The summed E-state index contributed by atoms with van der Waals surface area (Å²) in [7, 11) is 3.23. The summed E-state index contributed by atoms with van der Waals surface area (Å²) in [5.41, 5.74) is 5.82. The van der Waals surface area contributed by atoms with Crippen LogP contribution in [-0.4, -0.2) is 18.7 Å². The van der Waals surface area contributed by atoms with Crippen molar-refractivity contribution in [2.45, 2.75) is 32.9 Å². The fourth-order valence-corrected chi connectivity index (χ4v) is 2.17. The molecule has 0 spiro atoms. The van der Waals surface area contributed by atoms with Gasteiger partial charge in [-0.2, -0.15) is 0 Å². The number of hydrogen-bond acceptors (Lipinski definition) is 4. The third kappa shape index (κ3) is 1.99. The van der Waals surface area contributed by atoms with E-state index in [1.54, 1.807) is 16.2 Å². The molecule has 2 aromatic rings. The standard InChI is InChI=1S/C12H19N5O2/c1-4-5-6-17-10-9(11(18)16(3)12(17)19)15(2)8(7-13)14-10/h4-7,13H2,1-3H3. The number of unbranched alkanes of at least 4 members (excludes halogenated alkanes) is 1. The van der Waals surface area contributed by atoms with Crippen molar-refractivity contribution in [1.82, 2.24) is 18.7 Å². The van der Waals surface area contributed by atoms with Gasteiger partial charge in [-0.25, -0.2) is 9.78 Å². The van der Waals surface area contributed by atoms with Crippen molar-refractivity contribution in [2.75, 3.05) is 0 Å². The lowest BCUT2D eigenvalue weighted by Crippen LogP contribution is -2.38. The number of nitrogens with zero attached hydrogens (tertiary/aromatic N) is 4. The summed E-state index contributed by atoms with van der Waals surface area (Å²) < 4.78 is 4.35. The Morgan fingerprint density at radius 2 is 1.89 bits per heavy atom. The lowest BCUT2D eigenvalue weighted by Gasteiger charge is -2.08. The van der Waals surface area contributed by atoms with Gasteiger partial charge < -0.3 is 10.3 Å². The molecule has 7 nitrogen and oxygen atoms in total. The zero-order valence-electron chi connectivity index (χ0n) is 11.5. The zero-order valence-corrected chi connectivity index (χ0v) is 11.5. The van der Waals surface area contributed by atoms with Gasteiger partial charge in [0.05, 0.1) is 6.54 Å². The van der Waals surface area contributed by atoms with Crippen molar-refractivity contribution in [1.29, 1.82) is 0 Å². The predicted molar refractivity (Wildman–Crippen MR) is 73.0 cm³/mol. The Morgan fingerprint density at radius 1 is 1.21 bits per heavy atom. The van der Waals surface area contributed by atoms with Crippen LogP contribution in [0.15, 0.2) is 9.59 Å². The minimum Gasteiger partial charge on any atom is -0.324 e. The number of hydrogen-bond donors (Lipinski definition) is 1. The molecule has 0 aliphatic rings. The first kappa shape index (κ1) is 13.5. The van der Waals surface area contributed by atoms with E-state index in [-0.39, 0.29) is 17.8 Å². The first-order valence-electron chi connectivity index (χ1n) is 6.38. The normalized spacial score (nSPS) is 11.4. The van der Waals surface area contributed by atoms with Crippen LogP contribution >= 0.6 is 0 Å². The average molecular weight is 265 g/mol. The quantitative estimate of drug-likeness (QED) is 0.821. The molecule has 19 heavy (non-hydrogen) atoms. The van der Waals surface area contributed by atoms with E-state index in [1.165, 1.54) is 7.05 Å². The molecule has 0 radical (unpaired) electrons. The Kier molecular flexibility index (Phi) is 3.57. The van der Waals surface area contributed by atoms with Crippen molar-refractivity contribution in [3.8, 4) is 0 Å². The average Bonchev–Trinajstić information content (AvgIpc) is 2.73. The number of aryl methyl sites for hydroxylation is 2. The van der Waals surface area contributed by atoms with Gasteiger partial charge in [0.15, 0.2) is 11.2 Å². The van der Waals surface area contributed by atoms with E-state index in [9.17, 15) is 9.59 Å². The molecule has 0 unspecified atom stereocenters. The zero-order chi connectivity index (χ0) is 14.2. The van der Waals surface area contributed by atoms with Gasteiger partial charge >= 0.3 is 5.69 Å². The molecule has 104 valence electrons. The molecule has 2 N–H and O–H groups in total. The molecular formula is C12H19N5O2. The molecule has 2 aromatic heterocycles. The number of nitrogens with two attached hydrogens (primary N) is 1. The van der Waals surface area contributed by atoms with Crippen LogP contribution in [0.25, 0.3) is 11.2 Å². The molecule has 7 heteroatoms. The number of aromatic nitrogens is 4. The number of rotatable bonds is 4. The first-order chi connectivity index (χ1) is 9.02. The van der Waals surface area contributed by atoms with Crippen LogP contribution in [-0.2, 0) is 27.2 Å². The SMILES string of the molecule is CCCCn1c(=O)n(C)c(=O)c2c1nc(CN)n2C. The number of fused-ring (bicyclic) bond motifs is 1. The highest BCUT2D eigenvalue weighted by Crippen LogP contribution is 2.10. The summed E-state index contributed by atoms with van der Waals surface area (Å²) in [5, 5.41) is 0. The van der Waals surface area contributed by atoms with E-state index in [2.05, 4.69) is 4.98 Å². The van der Waals surface area contributed by atoms with Gasteiger partial charge in [0.1, 0.15) is 5.82 Å². The van der Waals surface area contributed by atoms with Crippen LogP contribution in [0.4, 0.5) is 0 Å². The van der Waals surface area contributed by atoms with Crippen molar-refractivity contribution in [3.05, 3.63) is 26.7 Å². The monoisotopic (exact) mass is 265 g/mol. The van der Waals surface area contributed by atoms with Gasteiger partial charge in [-0.1, -0.05) is 13.3 Å². The van der Waals surface area contributed by atoms with E-state index < -0.39 is 0 Å². The van der Waals surface area contributed by atoms with Gasteiger partial charge in [-0.3, -0.25) is 13.9 Å². The van der Waals surface area contributed by atoms with E-state index in [0.29, 0.717) is 23.5 Å². The van der Waals surface area contributed by atoms with Crippen molar-refractivity contribution >= 4 is 11.2 Å². The second kappa shape index (κ2) is 5.00. The van der Waals surface area contributed by atoms with E-state index in [0.717, 1.165) is 17.4 Å². The predicted octanol–water partition coefficient (Wildman–Crippen LogP) is -0.307. The maximum atomic E-state index is 12.2. The minimum atomic E-state index is -0.331. The van der Waals surface area contributed by atoms with Gasteiger partial charge in [-0.15, -0.1) is 0 Å². The van der Waals surface area contributed by atoms with Gasteiger partial charge in [0, 0.05) is 20.6 Å². The van der Waals surface area contributed by atoms with Crippen molar-refractivity contribution in [2.24, 2.45) is 19.8 Å². The molecule has 0 saturated carbocycles. The topological polar surface area (TPSA) is 87.8 Å². The molecule has 0 saturated heterocycles. The van der Waals surface area contributed by atoms with Gasteiger partial charge in [-0.05, 0) is 6.42 Å². The molecular weight excluding hydrogens is 246 g/mol. The summed E-state index contributed by atoms with van der Waals surface area (Å²) in [6.45, 7) is 2.84. The molecule has 0 aliphatic carbocycles. The van der Waals surface area contributed by atoms with Crippen molar-refractivity contribution < 1.29 is 0 Å². The highest BCUT2D eigenvalue weighted by molar-refractivity contribution is 5.70. The smallest absolute Gasteiger partial charge is 0.324 e. The van der Waals surface area contributed by atoms with Gasteiger partial charge in [0.2, 0.25) is 0 Å². The third-order valence-electron chi connectivity index (χ3n) is 3.37. The highest BCUT2D eigenvalue weighted by Gasteiger charge is 2.17. The maximum Gasteiger partial charge on any atom is 0.332 e. The fraction of sp³-hybridized carbons (Fsp3) is 0.583. The summed E-state index contributed by atoms with van der Waals surface area (Å²) in [6.07, 6.45) is 1.83. The molecule has 0 amide bonds. The molecule has 2 heterocycles.